The Kier molecular flexibility index (Phi) is 6.24. The summed E-state index contributed by atoms with van der Waals surface area (Å²) >= 11 is 0. The van der Waals surface area contributed by atoms with Gasteiger partial charge in [0.15, 0.2) is 0 Å². The van der Waals surface area contributed by atoms with Crippen LogP contribution in [-0.4, -0.2) is 28.0 Å². The predicted molar refractivity (Wildman–Crippen MR) is 119 cm³/mol. The summed E-state index contributed by atoms with van der Waals surface area (Å²) < 4.78 is 13.4. The van der Waals surface area contributed by atoms with Crippen molar-refractivity contribution in [2.45, 2.75) is 13.5 Å². The molecule has 154 valence electrons. The largest absolute Gasteiger partial charge is 0.490 e. The third-order valence-corrected chi connectivity index (χ3v) is 4.76. The van der Waals surface area contributed by atoms with Gasteiger partial charge in [-0.2, -0.15) is 10.4 Å². The van der Waals surface area contributed by atoms with Crippen LogP contribution in [0.1, 0.15) is 12.5 Å². The fourth-order valence-electron chi connectivity index (χ4n) is 3.27. The van der Waals surface area contributed by atoms with E-state index in [0.29, 0.717) is 37.0 Å². The number of hydrogen-bond donors (Lipinski definition) is 0. The molecule has 31 heavy (non-hydrogen) atoms. The predicted octanol–water partition coefficient (Wildman–Crippen LogP) is 4.96. The zero-order valence-electron chi connectivity index (χ0n) is 17.2. The molecular formula is C25H22N4O2. The second-order valence-electron chi connectivity index (χ2n) is 6.80. The van der Waals surface area contributed by atoms with E-state index in [1.165, 1.54) is 0 Å². The van der Waals surface area contributed by atoms with E-state index < -0.39 is 0 Å². The molecule has 2 aromatic carbocycles. The van der Waals surface area contributed by atoms with Crippen molar-refractivity contribution in [1.29, 1.82) is 5.26 Å². The van der Waals surface area contributed by atoms with E-state index in [0.717, 1.165) is 22.4 Å². The summed E-state index contributed by atoms with van der Waals surface area (Å²) in [6.07, 6.45) is 3.50. The first kappa shape index (κ1) is 20.2. The maximum Gasteiger partial charge on any atom is 0.212 e. The van der Waals surface area contributed by atoms with Crippen LogP contribution in [0.25, 0.3) is 22.4 Å². The van der Waals surface area contributed by atoms with Crippen molar-refractivity contribution in [2.24, 2.45) is 0 Å². The van der Waals surface area contributed by atoms with Crippen LogP contribution in [0.3, 0.4) is 0 Å². The number of rotatable bonds is 8. The number of aromatic nitrogens is 3. The maximum absolute atomic E-state index is 9.57. The number of ether oxygens (including phenoxy) is 2. The molecule has 0 N–H and O–H groups in total. The second kappa shape index (κ2) is 9.59. The van der Waals surface area contributed by atoms with Crippen molar-refractivity contribution in [3.8, 4) is 40.1 Å². The average molecular weight is 410 g/mol. The topological polar surface area (TPSA) is 73.0 Å². The molecule has 0 aliphatic carbocycles. The first-order chi connectivity index (χ1) is 15.3. The van der Waals surface area contributed by atoms with Crippen molar-refractivity contribution in [1.82, 2.24) is 14.8 Å². The van der Waals surface area contributed by atoms with Gasteiger partial charge in [-0.3, -0.25) is 4.98 Å². The van der Waals surface area contributed by atoms with Crippen LogP contribution in [0.5, 0.6) is 11.6 Å². The SMILES string of the molecule is CCOc1cc(-c2ccccc2)nn1CCOc1ccc(-c2cccnc2)cc1C#N. The fraction of sp³-hybridized carbons (Fsp3) is 0.160. The molecule has 0 radical (unpaired) electrons. The molecule has 6 nitrogen and oxygen atoms in total. The minimum absolute atomic E-state index is 0.358. The third-order valence-electron chi connectivity index (χ3n) is 4.76. The summed E-state index contributed by atoms with van der Waals surface area (Å²) in [6.45, 7) is 3.35. The van der Waals surface area contributed by atoms with E-state index >= 15 is 0 Å². The molecule has 0 amide bonds. The van der Waals surface area contributed by atoms with Gasteiger partial charge in [0, 0.05) is 29.6 Å². The molecule has 0 saturated heterocycles. The lowest BCUT2D eigenvalue weighted by Gasteiger charge is -2.11. The van der Waals surface area contributed by atoms with Crippen molar-refractivity contribution in [3.63, 3.8) is 0 Å². The second-order valence-corrected chi connectivity index (χ2v) is 6.80. The standard InChI is InChI=1S/C25H22N4O2/c1-2-30-25-16-23(19-7-4-3-5-8-19)28-29(25)13-14-31-24-11-10-20(15-22(24)17-26)21-9-6-12-27-18-21/h3-12,15-16,18H,2,13-14H2,1H3. The number of benzene rings is 2. The zero-order chi connectivity index (χ0) is 21.5. The molecule has 0 bridgehead atoms. The van der Waals surface area contributed by atoms with Gasteiger partial charge in [0.1, 0.15) is 18.4 Å². The van der Waals surface area contributed by atoms with E-state index in [4.69, 9.17) is 9.47 Å². The summed E-state index contributed by atoms with van der Waals surface area (Å²) in [4.78, 5) is 4.13. The summed E-state index contributed by atoms with van der Waals surface area (Å²) in [7, 11) is 0. The molecule has 4 aromatic rings. The zero-order valence-corrected chi connectivity index (χ0v) is 17.2. The van der Waals surface area contributed by atoms with Crippen molar-refractivity contribution < 1.29 is 9.47 Å². The molecule has 0 atom stereocenters. The van der Waals surface area contributed by atoms with Crippen molar-refractivity contribution in [2.75, 3.05) is 13.2 Å². The lowest BCUT2D eigenvalue weighted by atomic mass is 10.0. The summed E-state index contributed by atoms with van der Waals surface area (Å²) in [5.41, 5.74) is 4.24. The van der Waals surface area contributed by atoms with E-state index in [1.54, 1.807) is 17.1 Å². The summed E-state index contributed by atoms with van der Waals surface area (Å²) in [5.74, 6) is 1.24. The van der Waals surface area contributed by atoms with E-state index in [1.807, 2.05) is 73.7 Å². The van der Waals surface area contributed by atoms with Crippen molar-refractivity contribution >= 4 is 0 Å². The highest BCUT2D eigenvalue weighted by atomic mass is 16.5. The Balaban J connectivity index is 1.48. The lowest BCUT2D eigenvalue weighted by molar-refractivity contribution is 0.259. The molecule has 0 fully saturated rings. The third kappa shape index (κ3) is 4.73. The minimum Gasteiger partial charge on any atom is -0.490 e. The molecule has 0 aliphatic heterocycles. The van der Waals surface area contributed by atoms with Gasteiger partial charge >= 0.3 is 0 Å². The highest BCUT2D eigenvalue weighted by molar-refractivity contribution is 5.66. The maximum atomic E-state index is 9.57. The monoisotopic (exact) mass is 410 g/mol. The number of nitriles is 1. The van der Waals surface area contributed by atoms with Gasteiger partial charge in [0.05, 0.1) is 24.4 Å². The molecule has 2 heterocycles. The highest BCUT2D eigenvalue weighted by Crippen LogP contribution is 2.27. The summed E-state index contributed by atoms with van der Waals surface area (Å²) in [6, 6.07) is 23.5. The number of pyridine rings is 1. The average Bonchev–Trinajstić information content (AvgIpc) is 3.23. The first-order valence-corrected chi connectivity index (χ1v) is 10.1. The molecule has 2 aromatic heterocycles. The molecule has 4 rings (SSSR count). The van der Waals surface area contributed by atoms with Crippen LogP contribution < -0.4 is 9.47 Å². The fourth-order valence-corrected chi connectivity index (χ4v) is 3.27. The van der Waals surface area contributed by atoms with Gasteiger partial charge < -0.3 is 9.47 Å². The van der Waals surface area contributed by atoms with E-state index in [2.05, 4.69) is 16.2 Å². The van der Waals surface area contributed by atoms with Gasteiger partial charge in [-0.15, -0.1) is 0 Å². The number of hydrogen-bond acceptors (Lipinski definition) is 5. The van der Waals surface area contributed by atoms with Gasteiger partial charge in [0.2, 0.25) is 5.88 Å². The highest BCUT2D eigenvalue weighted by Gasteiger charge is 2.12. The van der Waals surface area contributed by atoms with Gasteiger partial charge in [-0.1, -0.05) is 42.5 Å². The Morgan fingerprint density at radius 3 is 2.52 bits per heavy atom. The van der Waals surface area contributed by atoms with E-state index in [9.17, 15) is 5.26 Å². The molecule has 6 heteroatoms. The van der Waals surface area contributed by atoms with Crippen LogP contribution in [0.15, 0.2) is 79.1 Å². The van der Waals surface area contributed by atoms with Crippen LogP contribution in [0.2, 0.25) is 0 Å². The Bertz CT molecular complexity index is 1180. The smallest absolute Gasteiger partial charge is 0.212 e. The van der Waals surface area contributed by atoms with Crippen LogP contribution >= 0.6 is 0 Å². The van der Waals surface area contributed by atoms with Crippen LogP contribution in [-0.2, 0) is 6.54 Å². The Labute approximate surface area is 181 Å². The minimum atomic E-state index is 0.358. The van der Waals surface area contributed by atoms with E-state index in [-0.39, 0.29) is 0 Å². The first-order valence-electron chi connectivity index (χ1n) is 10.1. The lowest BCUT2D eigenvalue weighted by Crippen LogP contribution is -2.12. The molecule has 0 unspecified atom stereocenters. The Morgan fingerprint density at radius 1 is 0.935 bits per heavy atom. The van der Waals surface area contributed by atoms with Crippen LogP contribution in [0, 0.1) is 11.3 Å². The molecular weight excluding hydrogens is 388 g/mol. The van der Waals surface area contributed by atoms with Gasteiger partial charge in [-0.05, 0) is 30.7 Å². The Hall–Kier alpha value is -4.11. The quantitative estimate of drug-likeness (QED) is 0.410. The normalized spacial score (nSPS) is 10.5. The number of nitrogens with zero attached hydrogens (tertiary/aromatic N) is 4. The molecule has 0 aliphatic rings. The van der Waals surface area contributed by atoms with Crippen LogP contribution in [0.4, 0.5) is 0 Å². The van der Waals surface area contributed by atoms with Gasteiger partial charge in [0.25, 0.3) is 0 Å². The summed E-state index contributed by atoms with van der Waals surface area (Å²) in [5, 5.41) is 14.2. The Morgan fingerprint density at radius 2 is 1.77 bits per heavy atom. The molecule has 0 spiro atoms. The molecule has 0 saturated carbocycles. The van der Waals surface area contributed by atoms with Crippen molar-refractivity contribution in [3.05, 3.63) is 84.7 Å². The van der Waals surface area contributed by atoms with Gasteiger partial charge in [-0.25, -0.2) is 4.68 Å².